The summed E-state index contributed by atoms with van der Waals surface area (Å²) in [6.45, 7) is -1.12. The second-order valence-electron chi connectivity index (χ2n) is 2.89. The van der Waals surface area contributed by atoms with E-state index in [1.165, 1.54) is 30.3 Å². The van der Waals surface area contributed by atoms with Gasteiger partial charge in [0.2, 0.25) is 5.91 Å². The van der Waals surface area contributed by atoms with E-state index in [-0.39, 0.29) is 11.7 Å². The number of hydrogen-bond donors (Lipinski definition) is 1. The molecule has 0 saturated carbocycles. The zero-order chi connectivity index (χ0) is 12.0. The molecule has 0 spiro atoms. The highest BCUT2D eigenvalue weighted by Crippen LogP contribution is 2.17. The topological polar surface area (TPSA) is 38.3 Å². The molecule has 0 fully saturated rings. The van der Waals surface area contributed by atoms with Gasteiger partial charge in [0.15, 0.2) is 0 Å². The average Bonchev–Trinajstić information content (AvgIpc) is 2.20. The minimum atomic E-state index is -2.84. The molecule has 0 aliphatic heterocycles. The van der Waals surface area contributed by atoms with Crippen molar-refractivity contribution in [2.75, 3.05) is 5.32 Å². The number of carbonyl (C=O) groups is 1. The van der Waals surface area contributed by atoms with Gasteiger partial charge in [-0.25, -0.2) is 0 Å². The molecule has 0 aromatic heterocycles. The van der Waals surface area contributed by atoms with E-state index in [4.69, 9.17) is 0 Å². The molecule has 5 heteroatoms. The Hall–Kier alpha value is -1.91. The summed E-state index contributed by atoms with van der Waals surface area (Å²) in [5.74, 6) is -0.218. The van der Waals surface area contributed by atoms with E-state index in [2.05, 4.69) is 10.1 Å². The molecule has 1 rings (SSSR count). The number of ether oxygens (including phenoxy) is 1. The lowest BCUT2D eigenvalue weighted by atomic mass is 10.3. The largest absolute Gasteiger partial charge is 0.435 e. The molecule has 0 unspecified atom stereocenters. The summed E-state index contributed by atoms with van der Waals surface area (Å²) in [6, 6.07) is 5.69. The number of rotatable bonds is 4. The van der Waals surface area contributed by atoms with E-state index in [1.807, 2.05) is 0 Å². The summed E-state index contributed by atoms with van der Waals surface area (Å²) >= 11 is 0. The average molecular weight is 227 g/mol. The molecule has 0 saturated heterocycles. The molecular formula is C11H11F2NO2. The van der Waals surface area contributed by atoms with Gasteiger partial charge in [-0.3, -0.25) is 4.79 Å². The van der Waals surface area contributed by atoms with Crippen LogP contribution in [-0.2, 0) is 4.79 Å². The van der Waals surface area contributed by atoms with Crippen LogP contribution in [0.15, 0.2) is 36.4 Å². The van der Waals surface area contributed by atoms with Gasteiger partial charge in [-0.2, -0.15) is 8.78 Å². The van der Waals surface area contributed by atoms with Crippen LogP contribution in [0.2, 0.25) is 0 Å². The number of nitrogens with one attached hydrogen (secondary N) is 1. The summed E-state index contributed by atoms with van der Waals surface area (Å²) in [7, 11) is 0. The molecular weight excluding hydrogens is 216 g/mol. The predicted octanol–water partition coefficient (Wildman–Crippen LogP) is 2.80. The number of amides is 1. The van der Waals surface area contributed by atoms with E-state index < -0.39 is 6.61 Å². The molecule has 0 atom stereocenters. The quantitative estimate of drug-likeness (QED) is 0.803. The third-order valence-electron chi connectivity index (χ3n) is 1.67. The van der Waals surface area contributed by atoms with Crippen molar-refractivity contribution in [3.05, 3.63) is 36.4 Å². The van der Waals surface area contributed by atoms with Crippen LogP contribution in [-0.4, -0.2) is 12.5 Å². The Balaban J connectivity index is 2.61. The molecule has 0 aliphatic rings. The number of hydrogen-bond acceptors (Lipinski definition) is 2. The van der Waals surface area contributed by atoms with E-state index >= 15 is 0 Å². The monoisotopic (exact) mass is 227 g/mol. The van der Waals surface area contributed by atoms with Crippen LogP contribution in [0.1, 0.15) is 6.92 Å². The van der Waals surface area contributed by atoms with Crippen molar-refractivity contribution in [1.29, 1.82) is 0 Å². The van der Waals surface area contributed by atoms with E-state index in [0.717, 1.165) is 0 Å². The molecule has 0 radical (unpaired) electrons. The lowest BCUT2D eigenvalue weighted by Crippen LogP contribution is -2.07. The molecule has 1 aromatic carbocycles. The lowest BCUT2D eigenvalue weighted by molar-refractivity contribution is -0.111. The zero-order valence-corrected chi connectivity index (χ0v) is 8.61. The summed E-state index contributed by atoms with van der Waals surface area (Å²) in [5.41, 5.74) is 0.518. The fourth-order valence-electron chi connectivity index (χ4n) is 1.06. The second kappa shape index (κ2) is 5.85. The highest BCUT2D eigenvalue weighted by atomic mass is 19.3. The Bertz CT molecular complexity index is 374. The third-order valence-corrected chi connectivity index (χ3v) is 1.67. The highest BCUT2D eigenvalue weighted by molar-refractivity contribution is 5.99. The summed E-state index contributed by atoms with van der Waals surface area (Å²) in [6.07, 6.45) is 2.97. The number of allylic oxidation sites excluding steroid dienone is 1. The van der Waals surface area contributed by atoms with Crippen LogP contribution in [0, 0.1) is 0 Å². The first-order chi connectivity index (χ1) is 7.61. The van der Waals surface area contributed by atoms with Crippen molar-refractivity contribution >= 4 is 11.6 Å². The van der Waals surface area contributed by atoms with Gasteiger partial charge in [-0.1, -0.05) is 6.08 Å². The maximum atomic E-state index is 11.8. The molecule has 0 bridgehead atoms. The Morgan fingerprint density at radius 1 is 1.38 bits per heavy atom. The highest BCUT2D eigenvalue weighted by Gasteiger charge is 2.04. The first-order valence-corrected chi connectivity index (χ1v) is 4.60. The molecule has 3 nitrogen and oxygen atoms in total. The molecule has 16 heavy (non-hydrogen) atoms. The van der Waals surface area contributed by atoms with Gasteiger partial charge in [0, 0.05) is 5.69 Å². The molecule has 1 aromatic rings. The number of benzene rings is 1. The van der Waals surface area contributed by atoms with Crippen molar-refractivity contribution in [2.24, 2.45) is 0 Å². The normalized spacial score (nSPS) is 10.8. The van der Waals surface area contributed by atoms with E-state index in [9.17, 15) is 13.6 Å². The first-order valence-electron chi connectivity index (χ1n) is 4.60. The van der Waals surface area contributed by atoms with E-state index in [0.29, 0.717) is 5.69 Å². The van der Waals surface area contributed by atoms with Crippen molar-refractivity contribution in [3.8, 4) is 5.75 Å². The molecule has 0 heterocycles. The fourth-order valence-corrected chi connectivity index (χ4v) is 1.06. The summed E-state index contributed by atoms with van der Waals surface area (Å²) < 4.78 is 27.8. The molecule has 0 aliphatic carbocycles. The second-order valence-corrected chi connectivity index (χ2v) is 2.89. The maximum absolute atomic E-state index is 11.8. The smallest absolute Gasteiger partial charge is 0.387 e. The number of anilines is 1. The van der Waals surface area contributed by atoms with Gasteiger partial charge in [-0.15, -0.1) is 0 Å². The van der Waals surface area contributed by atoms with Crippen LogP contribution in [0.5, 0.6) is 5.75 Å². The van der Waals surface area contributed by atoms with Gasteiger partial charge in [0.25, 0.3) is 0 Å². The number of halogens is 2. The standard InChI is InChI=1S/C11H11F2NO2/c1-2-3-10(15)14-8-4-6-9(7-5-8)16-11(12)13/h2-7,11H,1H3,(H,14,15)/b3-2+. The predicted molar refractivity (Wildman–Crippen MR) is 56.5 cm³/mol. The van der Waals surface area contributed by atoms with Crippen molar-refractivity contribution < 1.29 is 18.3 Å². The summed E-state index contributed by atoms with van der Waals surface area (Å²) in [5, 5.41) is 2.55. The van der Waals surface area contributed by atoms with Crippen molar-refractivity contribution in [3.63, 3.8) is 0 Å². The number of carbonyl (C=O) groups excluding carboxylic acids is 1. The fraction of sp³-hybridized carbons (Fsp3) is 0.182. The van der Waals surface area contributed by atoms with Gasteiger partial charge >= 0.3 is 6.61 Å². The van der Waals surface area contributed by atoms with Gasteiger partial charge < -0.3 is 10.1 Å². The Morgan fingerprint density at radius 2 is 2.00 bits per heavy atom. The molecule has 1 N–H and O–H groups in total. The minimum Gasteiger partial charge on any atom is -0.435 e. The Kier molecular flexibility index (Phi) is 4.44. The molecule has 1 amide bonds. The maximum Gasteiger partial charge on any atom is 0.387 e. The van der Waals surface area contributed by atoms with Crippen LogP contribution < -0.4 is 10.1 Å². The van der Waals surface area contributed by atoms with Gasteiger partial charge in [0.05, 0.1) is 0 Å². The van der Waals surface area contributed by atoms with Crippen molar-refractivity contribution in [1.82, 2.24) is 0 Å². The number of alkyl halides is 2. The van der Waals surface area contributed by atoms with Crippen LogP contribution >= 0.6 is 0 Å². The van der Waals surface area contributed by atoms with Crippen LogP contribution in [0.4, 0.5) is 14.5 Å². The third kappa shape index (κ3) is 4.08. The van der Waals surface area contributed by atoms with Crippen LogP contribution in [0.3, 0.4) is 0 Å². The SMILES string of the molecule is C/C=C/C(=O)Nc1ccc(OC(F)F)cc1. The summed E-state index contributed by atoms with van der Waals surface area (Å²) in [4.78, 5) is 11.1. The molecule has 86 valence electrons. The minimum absolute atomic E-state index is 0.0547. The van der Waals surface area contributed by atoms with Gasteiger partial charge in [-0.05, 0) is 37.3 Å². The van der Waals surface area contributed by atoms with E-state index in [1.54, 1.807) is 13.0 Å². The van der Waals surface area contributed by atoms with Crippen LogP contribution in [0.25, 0.3) is 0 Å². The van der Waals surface area contributed by atoms with Gasteiger partial charge in [0.1, 0.15) is 5.75 Å². The Labute approximate surface area is 91.7 Å². The van der Waals surface area contributed by atoms with Crippen molar-refractivity contribution in [2.45, 2.75) is 13.5 Å². The zero-order valence-electron chi connectivity index (χ0n) is 8.61. The first kappa shape index (κ1) is 12.2. The lowest BCUT2D eigenvalue weighted by Gasteiger charge is -2.05. The Morgan fingerprint density at radius 3 is 2.50 bits per heavy atom.